The normalized spacial score (nSPS) is 33.4. The van der Waals surface area contributed by atoms with Crippen molar-refractivity contribution in [3.63, 3.8) is 0 Å². The van der Waals surface area contributed by atoms with Crippen LogP contribution in [0.5, 0.6) is 0 Å². The number of hydrogen-bond donors (Lipinski definition) is 1. The molecule has 1 amide bonds. The van der Waals surface area contributed by atoms with Crippen LogP contribution in [0.25, 0.3) is 0 Å². The first-order valence-corrected chi connectivity index (χ1v) is 8.84. The van der Waals surface area contributed by atoms with Gasteiger partial charge in [0.2, 0.25) is 5.91 Å². The maximum absolute atomic E-state index is 12.7. The molecule has 19 heavy (non-hydrogen) atoms. The lowest BCUT2D eigenvalue weighted by Crippen LogP contribution is -2.43. The molecule has 110 valence electrons. The average molecular weight is 284 g/mol. The van der Waals surface area contributed by atoms with E-state index in [4.69, 9.17) is 0 Å². The molecule has 4 unspecified atom stereocenters. The van der Waals surface area contributed by atoms with Gasteiger partial charge in [-0.05, 0) is 35.7 Å². The van der Waals surface area contributed by atoms with E-state index in [2.05, 4.69) is 37.9 Å². The monoisotopic (exact) mass is 284 g/mol. The van der Waals surface area contributed by atoms with Crippen LogP contribution >= 0.6 is 11.8 Å². The molecule has 2 fully saturated rings. The van der Waals surface area contributed by atoms with Crippen molar-refractivity contribution >= 4 is 17.7 Å². The topological polar surface area (TPSA) is 32.3 Å². The molecule has 1 N–H and O–H groups in total. The fourth-order valence-electron chi connectivity index (χ4n) is 3.07. The zero-order valence-electron chi connectivity index (χ0n) is 12.7. The first-order chi connectivity index (χ1) is 9.04. The van der Waals surface area contributed by atoms with Crippen LogP contribution in [0.1, 0.15) is 40.5 Å². The Morgan fingerprint density at radius 2 is 2.16 bits per heavy atom. The Morgan fingerprint density at radius 3 is 2.68 bits per heavy atom. The molecule has 0 radical (unpaired) electrons. The smallest absolute Gasteiger partial charge is 0.241 e. The summed E-state index contributed by atoms with van der Waals surface area (Å²) in [4.78, 5) is 14.8. The van der Waals surface area contributed by atoms with Gasteiger partial charge in [-0.15, -0.1) is 0 Å². The van der Waals surface area contributed by atoms with E-state index in [1.54, 1.807) is 0 Å². The maximum Gasteiger partial charge on any atom is 0.241 e. The van der Waals surface area contributed by atoms with Crippen molar-refractivity contribution in [1.82, 2.24) is 10.2 Å². The second-order valence-electron chi connectivity index (χ2n) is 6.44. The summed E-state index contributed by atoms with van der Waals surface area (Å²) in [6.07, 6.45) is 2.56. The summed E-state index contributed by atoms with van der Waals surface area (Å²) in [5, 5.41) is 3.58. The minimum absolute atomic E-state index is 0.0338. The molecule has 0 aromatic heterocycles. The molecule has 0 saturated carbocycles. The number of thioether (sulfide) groups is 1. The summed E-state index contributed by atoms with van der Waals surface area (Å²) in [7, 11) is 0. The van der Waals surface area contributed by atoms with Crippen molar-refractivity contribution in [2.24, 2.45) is 17.8 Å². The largest absolute Gasteiger partial charge is 0.325 e. The Balaban J connectivity index is 2.06. The third kappa shape index (κ3) is 3.27. The Kier molecular flexibility index (Phi) is 5.18. The molecule has 2 aliphatic heterocycles. The predicted octanol–water partition coefficient (Wildman–Crippen LogP) is 2.57. The lowest BCUT2D eigenvalue weighted by molar-refractivity contribution is -0.131. The molecular weight excluding hydrogens is 256 g/mol. The van der Waals surface area contributed by atoms with Gasteiger partial charge in [0.25, 0.3) is 0 Å². The zero-order valence-corrected chi connectivity index (χ0v) is 13.5. The minimum Gasteiger partial charge on any atom is -0.325 e. The summed E-state index contributed by atoms with van der Waals surface area (Å²) in [6, 6.07) is 0.0338. The first kappa shape index (κ1) is 15.2. The van der Waals surface area contributed by atoms with Gasteiger partial charge in [-0.25, -0.2) is 0 Å². The highest BCUT2D eigenvalue weighted by Crippen LogP contribution is 2.29. The number of carbonyl (C=O) groups is 1. The summed E-state index contributed by atoms with van der Waals surface area (Å²) in [5.74, 6) is 4.44. The summed E-state index contributed by atoms with van der Waals surface area (Å²) in [6.45, 7) is 9.72. The number of rotatable bonds is 5. The van der Waals surface area contributed by atoms with Crippen molar-refractivity contribution in [1.29, 1.82) is 0 Å². The molecule has 4 heteroatoms. The fraction of sp³-hybridized carbons (Fsp3) is 0.933. The third-order valence-corrected chi connectivity index (χ3v) is 5.79. The van der Waals surface area contributed by atoms with E-state index in [0.29, 0.717) is 23.7 Å². The van der Waals surface area contributed by atoms with Crippen molar-refractivity contribution in [2.45, 2.75) is 52.7 Å². The van der Waals surface area contributed by atoms with Gasteiger partial charge in [-0.3, -0.25) is 10.1 Å². The van der Waals surface area contributed by atoms with E-state index in [9.17, 15) is 4.79 Å². The van der Waals surface area contributed by atoms with Crippen molar-refractivity contribution in [3.05, 3.63) is 0 Å². The third-order valence-electron chi connectivity index (χ3n) is 4.56. The molecule has 0 bridgehead atoms. The number of nitrogens with one attached hydrogen (secondary N) is 1. The number of nitrogens with zero attached hydrogens (tertiary/aromatic N) is 1. The van der Waals surface area contributed by atoms with Gasteiger partial charge >= 0.3 is 0 Å². The lowest BCUT2D eigenvalue weighted by atomic mass is 9.99. The molecule has 3 nitrogen and oxygen atoms in total. The highest BCUT2D eigenvalue weighted by Gasteiger charge is 2.42. The van der Waals surface area contributed by atoms with Gasteiger partial charge in [0.05, 0.1) is 12.2 Å². The van der Waals surface area contributed by atoms with Gasteiger partial charge in [0.1, 0.15) is 0 Å². The zero-order chi connectivity index (χ0) is 14.0. The molecule has 0 aromatic rings. The van der Waals surface area contributed by atoms with Crippen LogP contribution in [0, 0.1) is 17.8 Å². The number of hydrogen-bond acceptors (Lipinski definition) is 3. The minimum atomic E-state index is 0.0338. The van der Waals surface area contributed by atoms with Crippen LogP contribution in [0.3, 0.4) is 0 Å². The van der Waals surface area contributed by atoms with Crippen LogP contribution in [-0.2, 0) is 4.79 Å². The Labute approximate surface area is 121 Å². The van der Waals surface area contributed by atoms with Crippen LogP contribution in [-0.4, -0.2) is 41.1 Å². The summed E-state index contributed by atoms with van der Waals surface area (Å²) in [5.41, 5.74) is 0. The summed E-state index contributed by atoms with van der Waals surface area (Å²) < 4.78 is 0. The van der Waals surface area contributed by atoms with Crippen LogP contribution in [0.4, 0.5) is 0 Å². The van der Waals surface area contributed by atoms with Crippen LogP contribution in [0.2, 0.25) is 0 Å². The van der Waals surface area contributed by atoms with Crippen molar-refractivity contribution in [2.75, 3.05) is 18.1 Å². The molecule has 0 spiro atoms. The molecular formula is C15H28N2OS. The highest BCUT2D eigenvalue weighted by atomic mass is 32.2. The van der Waals surface area contributed by atoms with Crippen LogP contribution < -0.4 is 5.32 Å². The Morgan fingerprint density at radius 1 is 1.42 bits per heavy atom. The predicted molar refractivity (Wildman–Crippen MR) is 82.1 cm³/mol. The summed E-state index contributed by atoms with van der Waals surface area (Å²) >= 11 is 2.03. The second-order valence-corrected chi connectivity index (χ2v) is 7.59. The van der Waals surface area contributed by atoms with Gasteiger partial charge in [0, 0.05) is 6.54 Å². The molecule has 2 heterocycles. The molecule has 2 rings (SSSR count). The van der Waals surface area contributed by atoms with Crippen LogP contribution in [0.15, 0.2) is 0 Å². The molecule has 2 aliphatic rings. The number of amides is 1. The molecule has 0 aromatic carbocycles. The van der Waals surface area contributed by atoms with Gasteiger partial charge in [-0.1, -0.05) is 34.1 Å². The lowest BCUT2D eigenvalue weighted by Gasteiger charge is -2.29. The van der Waals surface area contributed by atoms with Gasteiger partial charge in [-0.2, -0.15) is 11.8 Å². The fourth-order valence-corrected chi connectivity index (χ4v) is 4.34. The maximum atomic E-state index is 12.7. The van der Waals surface area contributed by atoms with Crippen molar-refractivity contribution in [3.8, 4) is 0 Å². The Bertz CT molecular complexity index is 315. The first-order valence-electron chi connectivity index (χ1n) is 7.68. The number of carbonyl (C=O) groups excluding carboxylic acids is 1. The van der Waals surface area contributed by atoms with E-state index in [0.717, 1.165) is 13.0 Å². The molecule has 0 aliphatic carbocycles. The standard InChI is InChI=1S/C15H28N2OS/c1-5-11(4)13-15(18)17(14(16-13)10(2)3)8-12-6-7-19-9-12/h10-14,16H,5-9H2,1-4H3. The molecule has 2 saturated heterocycles. The van der Waals surface area contributed by atoms with Gasteiger partial charge in [0.15, 0.2) is 0 Å². The highest BCUT2D eigenvalue weighted by molar-refractivity contribution is 7.99. The van der Waals surface area contributed by atoms with Gasteiger partial charge < -0.3 is 4.90 Å². The van der Waals surface area contributed by atoms with E-state index in [1.165, 1.54) is 17.9 Å². The van der Waals surface area contributed by atoms with E-state index in [1.807, 2.05) is 11.8 Å². The quantitative estimate of drug-likeness (QED) is 0.842. The van der Waals surface area contributed by atoms with E-state index < -0.39 is 0 Å². The average Bonchev–Trinajstić information content (AvgIpc) is 2.99. The second kappa shape index (κ2) is 6.49. The SMILES string of the molecule is CCC(C)C1NC(C(C)C)N(CC2CCSC2)C1=O. The van der Waals surface area contributed by atoms with Crippen molar-refractivity contribution < 1.29 is 4.79 Å². The Hall–Kier alpha value is -0.220. The van der Waals surface area contributed by atoms with E-state index >= 15 is 0 Å². The van der Waals surface area contributed by atoms with E-state index in [-0.39, 0.29) is 12.2 Å². The molecule has 4 atom stereocenters.